The first-order chi connectivity index (χ1) is 8.04. The Bertz CT molecular complexity index is 398. The van der Waals surface area contributed by atoms with E-state index in [9.17, 15) is 4.79 Å². The number of benzene rings is 1. The van der Waals surface area contributed by atoms with Gasteiger partial charge in [-0.3, -0.25) is 4.79 Å². The molecule has 1 amide bonds. The van der Waals surface area contributed by atoms with Crippen molar-refractivity contribution in [2.24, 2.45) is 0 Å². The summed E-state index contributed by atoms with van der Waals surface area (Å²) >= 11 is 9.19. The summed E-state index contributed by atoms with van der Waals surface area (Å²) in [5.74, 6) is -0.121. The van der Waals surface area contributed by atoms with Crippen LogP contribution in [-0.2, 0) is 0 Å². The number of halogens is 2. The SMILES string of the molecule is CCN[C@H](C)CNC(=O)c1cc(Cl)ccc1Br. The fraction of sp³-hybridized carbons (Fsp3) is 0.417. The lowest BCUT2D eigenvalue weighted by Gasteiger charge is -2.13. The van der Waals surface area contributed by atoms with Crippen molar-refractivity contribution in [2.75, 3.05) is 13.1 Å². The topological polar surface area (TPSA) is 41.1 Å². The highest BCUT2D eigenvalue weighted by atomic mass is 79.9. The average Bonchev–Trinajstić information content (AvgIpc) is 2.29. The first kappa shape index (κ1) is 14.5. The molecule has 17 heavy (non-hydrogen) atoms. The van der Waals surface area contributed by atoms with Crippen LogP contribution >= 0.6 is 27.5 Å². The van der Waals surface area contributed by atoms with Crippen molar-refractivity contribution < 1.29 is 4.79 Å². The second kappa shape index (κ2) is 6.99. The van der Waals surface area contributed by atoms with Crippen molar-refractivity contribution in [1.82, 2.24) is 10.6 Å². The number of amides is 1. The molecular weight excluding hydrogens is 304 g/mol. The Morgan fingerprint density at radius 1 is 1.53 bits per heavy atom. The Labute approximate surface area is 115 Å². The number of carbonyl (C=O) groups excluding carboxylic acids is 1. The standard InChI is InChI=1S/C12H16BrClN2O/c1-3-15-8(2)7-16-12(17)10-6-9(14)4-5-11(10)13/h4-6,8,15H,3,7H2,1-2H3,(H,16,17)/t8-/m1/s1. The molecule has 0 fully saturated rings. The monoisotopic (exact) mass is 318 g/mol. The van der Waals surface area contributed by atoms with Crippen molar-refractivity contribution in [3.63, 3.8) is 0 Å². The second-order valence-corrected chi connectivity index (χ2v) is 5.08. The highest BCUT2D eigenvalue weighted by molar-refractivity contribution is 9.10. The van der Waals surface area contributed by atoms with Gasteiger partial charge in [0, 0.05) is 22.1 Å². The molecule has 94 valence electrons. The average molecular weight is 320 g/mol. The summed E-state index contributed by atoms with van der Waals surface area (Å²) in [6.45, 7) is 5.53. The first-order valence-electron chi connectivity index (χ1n) is 5.51. The first-order valence-corrected chi connectivity index (χ1v) is 6.68. The van der Waals surface area contributed by atoms with E-state index < -0.39 is 0 Å². The van der Waals surface area contributed by atoms with Crippen molar-refractivity contribution in [3.05, 3.63) is 33.3 Å². The highest BCUT2D eigenvalue weighted by Crippen LogP contribution is 2.20. The summed E-state index contributed by atoms with van der Waals surface area (Å²) in [7, 11) is 0. The smallest absolute Gasteiger partial charge is 0.252 e. The van der Waals surface area contributed by atoms with E-state index in [1.165, 1.54) is 0 Å². The molecule has 3 nitrogen and oxygen atoms in total. The second-order valence-electron chi connectivity index (χ2n) is 3.79. The van der Waals surface area contributed by atoms with Gasteiger partial charge in [-0.05, 0) is 47.6 Å². The van der Waals surface area contributed by atoms with Crippen LogP contribution in [0.3, 0.4) is 0 Å². The lowest BCUT2D eigenvalue weighted by atomic mass is 10.2. The van der Waals surface area contributed by atoms with Gasteiger partial charge >= 0.3 is 0 Å². The minimum absolute atomic E-state index is 0.121. The molecule has 2 N–H and O–H groups in total. The third kappa shape index (κ3) is 4.66. The molecule has 0 saturated heterocycles. The maximum absolute atomic E-state index is 11.9. The minimum Gasteiger partial charge on any atom is -0.350 e. The molecule has 1 rings (SSSR count). The number of carbonyl (C=O) groups is 1. The van der Waals surface area contributed by atoms with Crippen LogP contribution in [0.1, 0.15) is 24.2 Å². The van der Waals surface area contributed by atoms with E-state index in [4.69, 9.17) is 11.6 Å². The summed E-state index contributed by atoms with van der Waals surface area (Å²) in [4.78, 5) is 11.9. The third-order valence-corrected chi connectivity index (χ3v) is 3.22. The zero-order valence-corrected chi connectivity index (χ0v) is 12.2. The summed E-state index contributed by atoms with van der Waals surface area (Å²) in [6.07, 6.45) is 0. The Hall–Kier alpha value is -0.580. The van der Waals surface area contributed by atoms with Crippen LogP contribution in [0.2, 0.25) is 5.02 Å². The Kier molecular flexibility index (Phi) is 5.95. The summed E-state index contributed by atoms with van der Waals surface area (Å²) < 4.78 is 0.746. The van der Waals surface area contributed by atoms with Crippen LogP contribution < -0.4 is 10.6 Å². The lowest BCUT2D eigenvalue weighted by molar-refractivity contribution is 0.0949. The molecule has 0 aromatic heterocycles. The van der Waals surface area contributed by atoms with E-state index in [0.29, 0.717) is 17.1 Å². The van der Waals surface area contributed by atoms with Crippen LogP contribution in [0.25, 0.3) is 0 Å². The van der Waals surface area contributed by atoms with Gasteiger partial charge in [-0.1, -0.05) is 18.5 Å². The molecule has 0 aliphatic carbocycles. The van der Waals surface area contributed by atoms with Gasteiger partial charge in [0.1, 0.15) is 0 Å². The predicted molar refractivity (Wildman–Crippen MR) is 74.6 cm³/mol. The highest BCUT2D eigenvalue weighted by Gasteiger charge is 2.11. The van der Waals surface area contributed by atoms with Crippen LogP contribution in [0.4, 0.5) is 0 Å². The van der Waals surface area contributed by atoms with Crippen molar-refractivity contribution in [3.8, 4) is 0 Å². The van der Waals surface area contributed by atoms with E-state index in [-0.39, 0.29) is 11.9 Å². The van der Waals surface area contributed by atoms with Gasteiger partial charge < -0.3 is 10.6 Å². The molecule has 1 atom stereocenters. The van der Waals surface area contributed by atoms with E-state index >= 15 is 0 Å². The van der Waals surface area contributed by atoms with E-state index in [0.717, 1.165) is 11.0 Å². The molecule has 1 aromatic rings. The maximum Gasteiger partial charge on any atom is 0.252 e. The third-order valence-electron chi connectivity index (χ3n) is 2.29. The fourth-order valence-electron chi connectivity index (χ4n) is 1.43. The van der Waals surface area contributed by atoms with E-state index in [1.54, 1.807) is 18.2 Å². The molecule has 0 bridgehead atoms. The maximum atomic E-state index is 11.9. The molecule has 0 aliphatic rings. The van der Waals surface area contributed by atoms with Gasteiger partial charge in [-0.2, -0.15) is 0 Å². The Morgan fingerprint density at radius 2 is 2.24 bits per heavy atom. The van der Waals surface area contributed by atoms with Gasteiger partial charge in [-0.25, -0.2) is 0 Å². The van der Waals surface area contributed by atoms with Gasteiger partial charge in [0.05, 0.1) is 5.56 Å². The van der Waals surface area contributed by atoms with Gasteiger partial charge in [0.25, 0.3) is 5.91 Å². The molecule has 0 unspecified atom stereocenters. The van der Waals surface area contributed by atoms with Crippen LogP contribution in [0, 0.1) is 0 Å². The number of likely N-dealkylation sites (N-methyl/N-ethyl adjacent to an activating group) is 1. The van der Waals surface area contributed by atoms with E-state index in [1.807, 2.05) is 13.8 Å². The number of hydrogen-bond donors (Lipinski definition) is 2. The van der Waals surface area contributed by atoms with Gasteiger partial charge in [0.2, 0.25) is 0 Å². The summed E-state index contributed by atoms with van der Waals surface area (Å²) in [5, 5.41) is 6.64. The molecule has 0 aliphatic heterocycles. The zero-order chi connectivity index (χ0) is 12.8. The molecular formula is C12H16BrClN2O. The molecule has 0 radical (unpaired) electrons. The summed E-state index contributed by atoms with van der Waals surface area (Å²) in [5.41, 5.74) is 0.557. The van der Waals surface area contributed by atoms with Gasteiger partial charge in [0.15, 0.2) is 0 Å². The largest absolute Gasteiger partial charge is 0.350 e. The van der Waals surface area contributed by atoms with Crippen molar-refractivity contribution in [1.29, 1.82) is 0 Å². The van der Waals surface area contributed by atoms with Crippen LogP contribution in [-0.4, -0.2) is 25.0 Å². The fourth-order valence-corrected chi connectivity index (χ4v) is 2.03. The zero-order valence-electron chi connectivity index (χ0n) is 9.89. The molecule has 5 heteroatoms. The Balaban J connectivity index is 2.61. The van der Waals surface area contributed by atoms with Crippen molar-refractivity contribution >= 4 is 33.4 Å². The Morgan fingerprint density at radius 3 is 2.88 bits per heavy atom. The van der Waals surface area contributed by atoms with E-state index in [2.05, 4.69) is 26.6 Å². The summed E-state index contributed by atoms with van der Waals surface area (Å²) in [6, 6.07) is 5.41. The lowest BCUT2D eigenvalue weighted by Crippen LogP contribution is -2.38. The number of nitrogens with one attached hydrogen (secondary N) is 2. The molecule has 0 saturated carbocycles. The van der Waals surface area contributed by atoms with Crippen LogP contribution in [0.5, 0.6) is 0 Å². The number of rotatable bonds is 5. The quantitative estimate of drug-likeness (QED) is 0.876. The van der Waals surface area contributed by atoms with Crippen molar-refractivity contribution in [2.45, 2.75) is 19.9 Å². The molecule has 1 aromatic carbocycles. The molecule has 0 spiro atoms. The van der Waals surface area contributed by atoms with Crippen LogP contribution in [0.15, 0.2) is 22.7 Å². The minimum atomic E-state index is -0.121. The normalized spacial score (nSPS) is 12.2. The number of hydrogen-bond acceptors (Lipinski definition) is 2. The molecule has 0 heterocycles. The predicted octanol–water partition coefficient (Wildman–Crippen LogP) is 2.83. The van der Waals surface area contributed by atoms with Gasteiger partial charge in [-0.15, -0.1) is 0 Å².